The van der Waals surface area contributed by atoms with Crippen LogP contribution >= 0.6 is 0 Å². The molecule has 6 nitrogen and oxygen atoms in total. The molecule has 0 aromatic heterocycles. The van der Waals surface area contributed by atoms with Crippen molar-refractivity contribution in [2.24, 2.45) is 5.73 Å². The van der Waals surface area contributed by atoms with Crippen LogP contribution in [0.5, 0.6) is 0 Å². The SMILES string of the molecule is N[C@H]1C(O)O[C@H](CO)[C@H](O)[C@@H]1O.[Cl-].[H+]. The molecule has 0 radical (unpaired) electrons. The topological polar surface area (TPSA) is 116 Å². The van der Waals surface area contributed by atoms with Crippen LogP contribution < -0.4 is 18.1 Å². The highest BCUT2D eigenvalue weighted by Gasteiger charge is 2.41. The molecule has 1 rings (SSSR count). The van der Waals surface area contributed by atoms with Crippen molar-refractivity contribution in [3.63, 3.8) is 0 Å². The summed E-state index contributed by atoms with van der Waals surface area (Å²) in [6.07, 6.45) is -4.85. The van der Waals surface area contributed by atoms with Crippen molar-refractivity contribution in [2.45, 2.75) is 30.6 Å². The summed E-state index contributed by atoms with van der Waals surface area (Å²) >= 11 is 0. The standard InChI is InChI=1S/C6H13NO5.ClH/c7-3-5(10)4(9)2(1-8)12-6(3)11;/h2-6,8-11H,1,7H2;1H/t2-,3-,4+,5-,6?;/m1./s1. The summed E-state index contributed by atoms with van der Waals surface area (Å²) in [5.74, 6) is 0. The maximum absolute atomic E-state index is 9.20. The van der Waals surface area contributed by atoms with Crippen molar-refractivity contribution in [3.8, 4) is 0 Å². The normalized spacial score (nSPS) is 45.5. The summed E-state index contributed by atoms with van der Waals surface area (Å²) in [5, 5.41) is 36.1. The van der Waals surface area contributed by atoms with E-state index in [1.807, 2.05) is 0 Å². The third-order valence-corrected chi connectivity index (χ3v) is 1.95. The Labute approximate surface area is 82.8 Å². The van der Waals surface area contributed by atoms with Crippen LogP contribution in [0.1, 0.15) is 1.43 Å². The fourth-order valence-electron chi connectivity index (χ4n) is 1.12. The molecular formula is C6H14ClNO5. The number of hydrogen-bond donors (Lipinski definition) is 5. The Bertz CT molecular complexity index is 160. The molecule has 5 atom stereocenters. The van der Waals surface area contributed by atoms with Gasteiger partial charge in [0.15, 0.2) is 6.29 Å². The minimum absolute atomic E-state index is 0. The van der Waals surface area contributed by atoms with E-state index in [1.54, 1.807) is 0 Å². The smallest absolute Gasteiger partial charge is 1.00 e. The maximum atomic E-state index is 9.20. The fraction of sp³-hybridized carbons (Fsp3) is 1.00. The molecular weight excluding hydrogens is 202 g/mol. The molecule has 1 fully saturated rings. The number of ether oxygens (including phenoxy) is 1. The van der Waals surface area contributed by atoms with E-state index in [-0.39, 0.29) is 13.8 Å². The first-order valence-corrected chi connectivity index (χ1v) is 3.64. The van der Waals surface area contributed by atoms with Crippen LogP contribution in [0.2, 0.25) is 0 Å². The molecule has 80 valence electrons. The molecule has 0 saturated carbocycles. The van der Waals surface area contributed by atoms with E-state index >= 15 is 0 Å². The summed E-state index contributed by atoms with van der Waals surface area (Å²) in [4.78, 5) is 0. The minimum atomic E-state index is -1.35. The minimum Gasteiger partial charge on any atom is -1.00 e. The number of hydrogen-bond acceptors (Lipinski definition) is 6. The Hall–Kier alpha value is 0.0500. The van der Waals surface area contributed by atoms with Crippen LogP contribution in [0.3, 0.4) is 0 Å². The number of rotatable bonds is 1. The first kappa shape index (κ1) is 13.1. The van der Waals surface area contributed by atoms with Crippen molar-refractivity contribution in [1.82, 2.24) is 0 Å². The van der Waals surface area contributed by atoms with E-state index in [0.717, 1.165) is 0 Å². The number of nitrogens with two attached hydrogens (primary N) is 1. The highest BCUT2D eigenvalue weighted by atomic mass is 35.5. The van der Waals surface area contributed by atoms with Crippen molar-refractivity contribution < 1.29 is 39.0 Å². The number of halogens is 1. The van der Waals surface area contributed by atoms with Crippen molar-refractivity contribution in [2.75, 3.05) is 6.61 Å². The van der Waals surface area contributed by atoms with Gasteiger partial charge in [0.2, 0.25) is 0 Å². The third kappa shape index (κ3) is 2.50. The Morgan fingerprint density at radius 2 is 1.77 bits per heavy atom. The molecule has 1 aliphatic heterocycles. The van der Waals surface area contributed by atoms with Gasteiger partial charge in [-0.25, -0.2) is 0 Å². The van der Waals surface area contributed by atoms with Gasteiger partial charge in [-0.3, -0.25) is 0 Å². The zero-order chi connectivity index (χ0) is 9.30. The number of aliphatic hydroxyl groups excluding tert-OH is 4. The zero-order valence-corrected chi connectivity index (χ0v) is 7.50. The monoisotopic (exact) mass is 215 g/mol. The summed E-state index contributed by atoms with van der Waals surface area (Å²) < 4.78 is 4.70. The van der Waals surface area contributed by atoms with Gasteiger partial charge in [0.25, 0.3) is 0 Å². The predicted molar refractivity (Wildman–Crippen MR) is 39.1 cm³/mol. The fourth-order valence-corrected chi connectivity index (χ4v) is 1.12. The molecule has 0 aliphatic carbocycles. The predicted octanol–water partition coefficient (Wildman–Crippen LogP) is -6.14. The third-order valence-electron chi connectivity index (χ3n) is 1.95. The van der Waals surface area contributed by atoms with Crippen LogP contribution in [0.25, 0.3) is 0 Å². The lowest BCUT2D eigenvalue weighted by Gasteiger charge is -2.38. The van der Waals surface area contributed by atoms with Gasteiger partial charge >= 0.3 is 1.43 Å². The molecule has 0 spiro atoms. The van der Waals surface area contributed by atoms with Crippen molar-refractivity contribution >= 4 is 0 Å². The molecule has 1 unspecified atom stereocenters. The average molecular weight is 216 g/mol. The summed E-state index contributed by atoms with van der Waals surface area (Å²) in [5.41, 5.74) is 5.26. The second-order valence-corrected chi connectivity index (χ2v) is 2.81. The van der Waals surface area contributed by atoms with Gasteiger partial charge in [0, 0.05) is 0 Å². The number of aliphatic hydroxyl groups is 4. The van der Waals surface area contributed by atoms with Crippen LogP contribution in [0, 0.1) is 0 Å². The molecule has 0 bridgehead atoms. The van der Waals surface area contributed by atoms with Crippen molar-refractivity contribution in [3.05, 3.63) is 0 Å². The molecule has 1 heterocycles. The summed E-state index contributed by atoms with van der Waals surface area (Å²) in [6, 6.07) is -1.04. The van der Waals surface area contributed by atoms with E-state index in [4.69, 9.17) is 20.7 Å². The molecule has 0 amide bonds. The quantitative estimate of drug-likeness (QED) is 0.297. The first-order valence-electron chi connectivity index (χ1n) is 3.64. The van der Waals surface area contributed by atoms with Gasteiger partial charge in [-0.1, -0.05) is 0 Å². The molecule has 0 aromatic carbocycles. The molecule has 6 N–H and O–H groups in total. The summed E-state index contributed by atoms with van der Waals surface area (Å²) in [6.45, 7) is -0.470. The second-order valence-electron chi connectivity index (χ2n) is 2.81. The van der Waals surface area contributed by atoms with Gasteiger partial charge in [-0.15, -0.1) is 0 Å². The van der Waals surface area contributed by atoms with Crippen LogP contribution in [-0.4, -0.2) is 57.7 Å². The molecule has 7 heteroatoms. The molecule has 1 aliphatic rings. The Balaban J connectivity index is 0. The molecule has 0 aromatic rings. The molecule has 1 saturated heterocycles. The maximum Gasteiger partial charge on any atom is 1.00 e. The van der Waals surface area contributed by atoms with Gasteiger partial charge in [0.1, 0.15) is 18.3 Å². The van der Waals surface area contributed by atoms with Gasteiger partial charge in [0.05, 0.1) is 12.6 Å². The van der Waals surface area contributed by atoms with Crippen LogP contribution in [-0.2, 0) is 4.74 Å². The van der Waals surface area contributed by atoms with E-state index in [0.29, 0.717) is 0 Å². The second kappa shape index (κ2) is 5.06. The van der Waals surface area contributed by atoms with Gasteiger partial charge < -0.3 is 43.3 Å². The summed E-state index contributed by atoms with van der Waals surface area (Å²) in [7, 11) is 0. The Kier molecular flexibility index (Phi) is 5.08. The van der Waals surface area contributed by atoms with Crippen molar-refractivity contribution in [1.29, 1.82) is 0 Å². The lowest BCUT2D eigenvalue weighted by molar-refractivity contribution is -0.248. The molecule has 13 heavy (non-hydrogen) atoms. The lowest BCUT2D eigenvalue weighted by atomic mass is 9.98. The van der Waals surface area contributed by atoms with Gasteiger partial charge in [-0.2, -0.15) is 0 Å². The van der Waals surface area contributed by atoms with E-state index < -0.39 is 37.3 Å². The Morgan fingerprint density at radius 3 is 2.23 bits per heavy atom. The average Bonchev–Trinajstić information content (AvgIpc) is 2.08. The largest absolute Gasteiger partial charge is 1.00 e. The van der Waals surface area contributed by atoms with E-state index in [2.05, 4.69) is 0 Å². The van der Waals surface area contributed by atoms with Crippen LogP contribution in [0.4, 0.5) is 0 Å². The Morgan fingerprint density at radius 1 is 1.23 bits per heavy atom. The lowest BCUT2D eigenvalue weighted by Crippen LogP contribution is -3.00. The van der Waals surface area contributed by atoms with E-state index in [1.165, 1.54) is 0 Å². The van der Waals surface area contributed by atoms with Crippen LogP contribution in [0.15, 0.2) is 0 Å². The van der Waals surface area contributed by atoms with Gasteiger partial charge in [-0.05, 0) is 0 Å². The highest BCUT2D eigenvalue weighted by molar-refractivity contribution is 4.90. The highest BCUT2D eigenvalue weighted by Crippen LogP contribution is 2.17. The first-order chi connectivity index (χ1) is 5.57. The van der Waals surface area contributed by atoms with E-state index in [9.17, 15) is 10.2 Å². The zero-order valence-electron chi connectivity index (χ0n) is 7.75.